The minimum atomic E-state index is -0.338. The summed E-state index contributed by atoms with van der Waals surface area (Å²) in [6.45, 7) is 3.30. The fourth-order valence-corrected chi connectivity index (χ4v) is 3.47. The number of fused-ring (bicyclic) bond motifs is 1. The van der Waals surface area contributed by atoms with Crippen molar-refractivity contribution >= 4 is 22.7 Å². The van der Waals surface area contributed by atoms with Crippen LogP contribution in [0.25, 0.3) is 10.9 Å². The van der Waals surface area contributed by atoms with Crippen LogP contribution in [-0.4, -0.2) is 52.4 Å². The number of benzene rings is 1. The minimum Gasteiger partial charge on any atom is -0.351 e. The largest absolute Gasteiger partial charge is 0.351 e. The molecule has 1 aromatic carbocycles. The number of hydrogen-bond acceptors (Lipinski definition) is 2. The Morgan fingerprint density at radius 2 is 2.00 bits per heavy atom. The predicted octanol–water partition coefficient (Wildman–Crippen LogP) is 2.65. The maximum Gasteiger partial charge on any atom is 0.255 e. The molecule has 128 valence electrons. The highest BCUT2D eigenvalue weighted by atomic mass is 16.2. The summed E-state index contributed by atoms with van der Waals surface area (Å²) in [5.41, 5.74) is 1.72. The molecule has 1 fully saturated rings. The highest BCUT2D eigenvalue weighted by Crippen LogP contribution is 2.24. The van der Waals surface area contributed by atoms with Crippen LogP contribution < -0.4 is 0 Å². The summed E-state index contributed by atoms with van der Waals surface area (Å²) >= 11 is 0. The predicted molar refractivity (Wildman–Crippen MR) is 94.9 cm³/mol. The SMILES string of the molecule is CCCC[C@@H]1C(=O)N(C)CCN1C(=O)c1cccc2c1ccn2C. The molecule has 0 unspecified atom stereocenters. The van der Waals surface area contributed by atoms with Crippen molar-refractivity contribution in [1.82, 2.24) is 14.4 Å². The number of piperazine rings is 1. The Labute approximate surface area is 142 Å². The fourth-order valence-electron chi connectivity index (χ4n) is 3.47. The van der Waals surface area contributed by atoms with E-state index in [0.717, 1.165) is 30.2 Å². The standard InChI is InChI=1S/C19H25N3O2/c1-4-5-8-17-19(24)21(3)12-13-22(17)18(23)15-7-6-9-16-14(15)10-11-20(16)2/h6-7,9-11,17H,4-5,8,12-13H2,1-3H3/t17-/m1/s1. The average Bonchev–Trinajstić information content (AvgIpc) is 2.97. The van der Waals surface area contributed by atoms with Crippen molar-refractivity contribution in [2.45, 2.75) is 32.2 Å². The van der Waals surface area contributed by atoms with Crippen LogP contribution in [0, 0.1) is 0 Å². The van der Waals surface area contributed by atoms with Crippen molar-refractivity contribution in [3.63, 3.8) is 0 Å². The highest BCUT2D eigenvalue weighted by molar-refractivity contribution is 6.08. The van der Waals surface area contributed by atoms with E-state index >= 15 is 0 Å². The molecule has 0 N–H and O–H groups in total. The maximum absolute atomic E-state index is 13.2. The van der Waals surface area contributed by atoms with Crippen molar-refractivity contribution in [1.29, 1.82) is 0 Å². The molecule has 1 aromatic heterocycles. The van der Waals surface area contributed by atoms with E-state index < -0.39 is 0 Å². The van der Waals surface area contributed by atoms with E-state index in [-0.39, 0.29) is 17.9 Å². The van der Waals surface area contributed by atoms with Crippen LogP contribution in [-0.2, 0) is 11.8 Å². The van der Waals surface area contributed by atoms with Gasteiger partial charge in [0.2, 0.25) is 5.91 Å². The van der Waals surface area contributed by atoms with Gasteiger partial charge in [-0.3, -0.25) is 9.59 Å². The lowest BCUT2D eigenvalue weighted by Crippen LogP contribution is -2.57. The molecule has 0 spiro atoms. The van der Waals surface area contributed by atoms with Crippen LogP contribution in [0.15, 0.2) is 30.5 Å². The second-order valence-corrected chi connectivity index (χ2v) is 6.58. The van der Waals surface area contributed by atoms with E-state index in [1.807, 2.05) is 49.1 Å². The average molecular weight is 327 g/mol. The van der Waals surface area contributed by atoms with E-state index in [1.165, 1.54) is 0 Å². The van der Waals surface area contributed by atoms with Crippen LogP contribution in [0.4, 0.5) is 0 Å². The lowest BCUT2D eigenvalue weighted by atomic mass is 10.0. The van der Waals surface area contributed by atoms with Gasteiger partial charge in [0, 0.05) is 49.8 Å². The first kappa shape index (κ1) is 16.6. The lowest BCUT2D eigenvalue weighted by molar-refractivity contribution is -0.138. The van der Waals surface area contributed by atoms with Gasteiger partial charge >= 0.3 is 0 Å². The van der Waals surface area contributed by atoms with E-state index in [4.69, 9.17) is 0 Å². The van der Waals surface area contributed by atoms with Crippen molar-refractivity contribution in [3.05, 3.63) is 36.0 Å². The Morgan fingerprint density at radius 3 is 2.75 bits per heavy atom. The zero-order valence-corrected chi connectivity index (χ0v) is 14.7. The number of carbonyl (C=O) groups excluding carboxylic acids is 2. The Kier molecular flexibility index (Phi) is 4.60. The number of rotatable bonds is 4. The number of aromatic nitrogens is 1. The second-order valence-electron chi connectivity index (χ2n) is 6.58. The molecule has 24 heavy (non-hydrogen) atoms. The number of carbonyl (C=O) groups is 2. The minimum absolute atomic E-state index is 0.0330. The molecule has 0 radical (unpaired) electrons. The quantitative estimate of drug-likeness (QED) is 0.866. The zero-order valence-electron chi connectivity index (χ0n) is 14.7. The molecule has 5 heteroatoms. The third-order valence-corrected chi connectivity index (χ3v) is 4.96. The number of aryl methyl sites for hydroxylation is 1. The maximum atomic E-state index is 13.2. The molecule has 2 aromatic rings. The van der Waals surface area contributed by atoms with Gasteiger partial charge in [0.25, 0.3) is 5.91 Å². The molecule has 0 bridgehead atoms. The second kappa shape index (κ2) is 6.67. The fraction of sp³-hybridized carbons (Fsp3) is 0.474. The number of unbranched alkanes of at least 4 members (excludes halogenated alkanes) is 1. The summed E-state index contributed by atoms with van der Waals surface area (Å²) in [7, 11) is 3.79. The summed E-state index contributed by atoms with van der Waals surface area (Å²) in [6.07, 6.45) is 4.66. The molecular weight excluding hydrogens is 302 g/mol. The Morgan fingerprint density at radius 1 is 1.21 bits per heavy atom. The van der Waals surface area contributed by atoms with E-state index in [2.05, 4.69) is 6.92 Å². The highest BCUT2D eigenvalue weighted by Gasteiger charge is 2.36. The van der Waals surface area contributed by atoms with Gasteiger partial charge in [0.05, 0.1) is 0 Å². The van der Waals surface area contributed by atoms with E-state index in [9.17, 15) is 9.59 Å². The Balaban J connectivity index is 1.95. The van der Waals surface area contributed by atoms with Crippen molar-refractivity contribution < 1.29 is 9.59 Å². The van der Waals surface area contributed by atoms with Crippen LogP contribution in [0.2, 0.25) is 0 Å². The monoisotopic (exact) mass is 327 g/mol. The third-order valence-electron chi connectivity index (χ3n) is 4.96. The van der Waals surface area contributed by atoms with Gasteiger partial charge in [0.15, 0.2) is 0 Å². The summed E-state index contributed by atoms with van der Waals surface area (Å²) in [4.78, 5) is 29.3. The first-order chi connectivity index (χ1) is 11.5. The van der Waals surface area contributed by atoms with Crippen LogP contribution in [0.5, 0.6) is 0 Å². The number of likely N-dealkylation sites (N-methyl/N-ethyl adjacent to an activating group) is 1. The molecule has 3 rings (SSSR count). The van der Waals surface area contributed by atoms with Gasteiger partial charge in [-0.05, 0) is 24.6 Å². The van der Waals surface area contributed by atoms with Crippen LogP contribution in [0.1, 0.15) is 36.5 Å². The Bertz CT molecular complexity index is 765. The van der Waals surface area contributed by atoms with Gasteiger partial charge in [0.1, 0.15) is 6.04 Å². The molecule has 2 heterocycles. The van der Waals surface area contributed by atoms with E-state index in [0.29, 0.717) is 18.7 Å². The normalized spacial score (nSPS) is 18.5. The molecular formula is C19H25N3O2. The smallest absolute Gasteiger partial charge is 0.255 e. The molecule has 1 atom stereocenters. The third kappa shape index (κ3) is 2.79. The number of hydrogen-bond donors (Lipinski definition) is 0. The van der Waals surface area contributed by atoms with E-state index in [1.54, 1.807) is 9.80 Å². The number of amides is 2. The molecule has 5 nitrogen and oxygen atoms in total. The van der Waals surface area contributed by atoms with Crippen LogP contribution >= 0.6 is 0 Å². The van der Waals surface area contributed by atoms with Gasteiger partial charge in [-0.2, -0.15) is 0 Å². The molecule has 1 saturated heterocycles. The van der Waals surface area contributed by atoms with Gasteiger partial charge in [-0.25, -0.2) is 0 Å². The molecule has 1 aliphatic rings. The first-order valence-electron chi connectivity index (χ1n) is 8.64. The summed E-state index contributed by atoms with van der Waals surface area (Å²) in [5.74, 6) is 0.0256. The summed E-state index contributed by atoms with van der Waals surface area (Å²) < 4.78 is 2.01. The lowest BCUT2D eigenvalue weighted by Gasteiger charge is -2.39. The molecule has 2 amide bonds. The molecule has 0 aliphatic carbocycles. The molecule has 1 aliphatic heterocycles. The Hall–Kier alpha value is -2.30. The first-order valence-corrected chi connectivity index (χ1v) is 8.64. The van der Waals surface area contributed by atoms with Gasteiger partial charge in [-0.1, -0.05) is 25.8 Å². The topological polar surface area (TPSA) is 45.6 Å². The molecule has 0 saturated carbocycles. The van der Waals surface area contributed by atoms with Crippen molar-refractivity contribution in [2.75, 3.05) is 20.1 Å². The van der Waals surface area contributed by atoms with Crippen molar-refractivity contribution in [2.24, 2.45) is 7.05 Å². The summed E-state index contributed by atoms with van der Waals surface area (Å²) in [5, 5.41) is 0.950. The summed E-state index contributed by atoms with van der Waals surface area (Å²) in [6, 6.07) is 7.42. The zero-order chi connectivity index (χ0) is 17.3. The van der Waals surface area contributed by atoms with Gasteiger partial charge in [-0.15, -0.1) is 0 Å². The van der Waals surface area contributed by atoms with Gasteiger partial charge < -0.3 is 14.4 Å². The number of nitrogens with zero attached hydrogens (tertiary/aromatic N) is 3. The van der Waals surface area contributed by atoms with Crippen LogP contribution in [0.3, 0.4) is 0 Å². The van der Waals surface area contributed by atoms with Crippen molar-refractivity contribution in [3.8, 4) is 0 Å².